The summed E-state index contributed by atoms with van der Waals surface area (Å²) in [6.45, 7) is 9.38. The highest BCUT2D eigenvalue weighted by atomic mass is 35.5. The number of sulfonamides is 1. The topological polar surface area (TPSA) is 49.4 Å². The molecular formula is C12H25ClN2O2S. The summed E-state index contributed by atoms with van der Waals surface area (Å²) in [6, 6.07) is 0. The lowest BCUT2D eigenvalue weighted by Crippen LogP contribution is -2.37. The molecule has 0 aliphatic carbocycles. The van der Waals surface area contributed by atoms with Crippen LogP contribution >= 0.6 is 12.4 Å². The second-order valence-corrected chi connectivity index (χ2v) is 8.80. The SMILES string of the molecule is CC(C)(C)CS(=O)(=O)N1CCC2(CCNC2)C1.Cl. The first kappa shape index (κ1) is 16.2. The fraction of sp³-hybridized carbons (Fsp3) is 1.00. The Morgan fingerprint density at radius 2 is 1.94 bits per heavy atom. The van der Waals surface area contributed by atoms with Crippen LogP contribution in [0, 0.1) is 10.8 Å². The monoisotopic (exact) mass is 296 g/mol. The van der Waals surface area contributed by atoms with Crippen LogP contribution in [-0.2, 0) is 10.0 Å². The summed E-state index contributed by atoms with van der Waals surface area (Å²) in [4.78, 5) is 0. The molecule has 108 valence electrons. The molecule has 2 aliphatic heterocycles. The van der Waals surface area contributed by atoms with Gasteiger partial charge in [-0.05, 0) is 30.2 Å². The number of nitrogens with zero attached hydrogens (tertiary/aromatic N) is 1. The maximum atomic E-state index is 12.3. The van der Waals surface area contributed by atoms with Crippen molar-refractivity contribution in [2.45, 2.75) is 33.6 Å². The van der Waals surface area contributed by atoms with Crippen LogP contribution in [0.2, 0.25) is 0 Å². The minimum atomic E-state index is -3.08. The van der Waals surface area contributed by atoms with Crippen molar-refractivity contribution in [1.82, 2.24) is 9.62 Å². The van der Waals surface area contributed by atoms with E-state index in [0.29, 0.717) is 6.54 Å². The maximum Gasteiger partial charge on any atom is 0.214 e. The molecule has 0 bridgehead atoms. The van der Waals surface area contributed by atoms with Gasteiger partial charge in [-0.15, -0.1) is 12.4 Å². The highest BCUT2D eigenvalue weighted by Crippen LogP contribution is 2.37. The first-order valence-corrected chi connectivity index (χ1v) is 8.02. The summed E-state index contributed by atoms with van der Waals surface area (Å²) in [6.07, 6.45) is 2.14. The van der Waals surface area contributed by atoms with Crippen LogP contribution in [0.3, 0.4) is 0 Å². The molecule has 0 aromatic rings. The Balaban J connectivity index is 0.00000162. The van der Waals surface area contributed by atoms with E-state index in [1.165, 1.54) is 0 Å². The van der Waals surface area contributed by atoms with Crippen LogP contribution in [0.5, 0.6) is 0 Å². The van der Waals surface area contributed by atoms with E-state index in [9.17, 15) is 8.42 Å². The third-order valence-electron chi connectivity index (χ3n) is 3.74. The molecule has 0 radical (unpaired) electrons. The normalized spacial score (nSPS) is 29.7. The van der Waals surface area contributed by atoms with Gasteiger partial charge in [0.2, 0.25) is 10.0 Å². The van der Waals surface area contributed by atoms with Crippen LogP contribution < -0.4 is 5.32 Å². The summed E-state index contributed by atoms with van der Waals surface area (Å²) in [5, 5.41) is 3.35. The Bertz CT molecular complexity index is 383. The van der Waals surface area contributed by atoms with Gasteiger partial charge in [-0.25, -0.2) is 12.7 Å². The highest BCUT2D eigenvalue weighted by molar-refractivity contribution is 7.89. The lowest BCUT2D eigenvalue weighted by Gasteiger charge is -2.25. The molecule has 1 atom stereocenters. The molecule has 4 nitrogen and oxygen atoms in total. The molecule has 0 amide bonds. The van der Waals surface area contributed by atoms with E-state index in [2.05, 4.69) is 5.32 Å². The van der Waals surface area contributed by atoms with E-state index in [0.717, 1.165) is 32.5 Å². The molecule has 2 aliphatic rings. The van der Waals surface area contributed by atoms with Crippen LogP contribution in [0.15, 0.2) is 0 Å². The average Bonchev–Trinajstić information content (AvgIpc) is 2.73. The van der Waals surface area contributed by atoms with E-state index in [1.54, 1.807) is 4.31 Å². The zero-order chi connectivity index (χ0) is 12.7. The smallest absolute Gasteiger partial charge is 0.214 e. The van der Waals surface area contributed by atoms with Crippen LogP contribution in [0.4, 0.5) is 0 Å². The molecule has 6 heteroatoms. The molecule has 0 saturated carbocycles. The van der Waals surface area contributed by atoms with E-state index in [-0.39, 0.29) is 29.0 Å². The van der Waals surface area contributed by atoms with Gasteiger partial charge in [0.25, 0.3) is 0 Å². The third-order valence-corrected chi connectivity index (χ3v) is 6.07. The first-order valence-electron chi connectivity index (χ1n) is 6.41. The number of rotatable bonds is 2. The Kier molecular flexibility index (Phi) is 4.75. The van der Waals surface area contributed by atoms with Crippen molar-refractivity contribution in [3.8, 4) is 0 Å². The summed E-state index contributed by atoms with van der Waals surface area (Å²) in [5.74, 6) is 0.253. The first-order chi connectivity index (χ1) is 7.73. The van der Waals surface area contributed by atoms with Crippen LogP contribution in [0.25, 0.3) is 0 Å². The second kappa shape index (κ2) is 5.27. The molecular weight excluding hydrogens is 272 g/mol. The maximum absolute atomic E-state index is 12.3. The molecule has 2 rings (SSSR count). The molecule has 1 unspecified atom stereocenters. The zero-order valence-electron chi connectivity index (χ0n) is 11.5. The van der Waals surface area contributed by atoms with Gasteiger partial charge in [-0.2, -0.15) is 0 Å². The van der Waals surface area contributed by atoms with Crippen molar-refractivity contribution in [3.63, 3.8) is 0 Å². The van der Waals surface area contributed by atoms with Crippen molar-refractivity contribution in [3.05, 3.63) is 0 Å². The molecule has 1 spiro atoms. The number of hydrogen-bond acceptors (Lipinski definition) is 3. The van der Waals surface area contributed by atoms with Crippen molar-refractivity contribution >= 4 is 22.4 Å². The van der Waals surface area contributed by atoms with Crippen LogP contribution in [-0.4, -0.2) is 44.7 Å². The van der Waals surface area contributed by atoms with Crippen molar-refractivity contribution in [2.75, 3.05) is 31.9 Å². The Hall–Kier alpha value is 0.160. The molecule has 2 heterocycles. The second-order valence-electron chi connectivity index (χ2n) is 6.83. The van der Waals surface area contributed by atoms with Crippen LogP contribution in [0.1, 0.15) is 33.6 Å². The van der Waals surface area contributed by atoms with Gasteiger partial charge >= 0.3 is 0 Å². The third kappa shape index (κ3) is 3.59. The Labute approximate surface area is 117 Å². The number of hydrogen-bond donors (Lipinski definition) is 1. The predicted molar refractivity (Wildman–Crippen MR) is 76.6 cm³/mol. The minimum Gasteiger partial charge on any atom is -0.316 e. The van der Waals surface area contributed by atoms with Gasteiger partial charge in [-0.1, -0.05) is 20.8 Å². The standard InChI is InChI=1S/C12H24N2O2S.ClH/c1-11(2,3)10-17(15,16)14-7-5-12(9-14)4-6-13-8-12;/h13H,4-10H2,1-3H3;1H. The van der Waals surface area contributed by atoms with Gasteiger partial charge in [0.05, 0.1) is 5.75 Å². The lowest BCUT2D eigenvalue weighted by atomic mass is 9.87. The molecule has 0 aromatic heterocycles. The Morgan fingerprint density at radius 1 is 1.28 bits per heavy atom. The Morgan fingerprint density at radius 3 is 2.44 bits per heavy atom. The molecule has 18 heavy (non-hydrogen) atoms. The summed E-state index contributed by atoms with van der Waals surface area (Å²) in [7, 11) is -3.08. The highest BCUT2D eigenvalue weighted by Gasteiger charge is 2.44. The average molecular weight is 297 g/mol. The summed E-state index contributed by atoms with van der Waals surface area (Å²) >= 11 is 0. The van der Waals surface area contributed by atoms with Gasteiger partial charge in [0, 0.05) is 19.6 Å². The summed E-state index contributed by atoms with van der Waals surface area (Å²) < 4.78 is 26.3. The molecule has 2 fully saturated rings. The fourth-order valence-corrected chi connectivity index (χ4v) is 5.03. The predicted octanol–water partition coefficient (Wildman–Crippen LogP) is 1.47. The van der Waals surface area contributed by atoms with E-state index in [1.807, 2.05) is 20.8 Å². The van der Waals surface area contributed by atoms with Crippen molar-refractivity contribution in [1.29, 1.82) is 0 Å². The fourth-order valence-electron chi connectivity index (χ4n) is 2.91. The van der Waals surface area contributed by atoms with Gasteiger partial charge < -0.3 is 5.32 Å². The largest absolute Gasteiger partial charge is 0.316 e. The molecule has 0 aromatic carbocycles. The van der Waals surface area contributed by atoms with E-state index in [4.69, 9.17) is 0 Å². The lowest BCUT2D eigenvalue weighted by molar-refractivity contribution is 0.335. The molecule has 1 N–H and O–H groups in total. The summed E-state index contributed by atoms with van der Waals surface area (Å²) in [5.41, 5.74) is 0.0630. The van der Waals surface area contributed by atoms with Crippen molar-refractivity contribution in [2.24, 2.45) is 10.8 Å². The zero-order valence-corrected chi connectivity index (χ0v) is 13.2. The van der Waals surface area contributed by atoms with E-state index >= 15 is 0 Å². The van der Waals surface area contributed by atoms with Gasteiger partial charge in [-0.3, -0.25) is 0 Å². The molecule has 2 saturated heterocycles. The minimum absolute atomic E-state index is 0. The van der Waals surface area contributed by atoms with Gasteiger partial charge in [0.15, 0.2) is 0 Å². The van der Waals surface area contributed by atoms with Crippen molar-refractivity contribution < 1.29 is 8.42 Å². The number of nitrogens with one attached hydrogen (secondary N) is 1. The number of halogens is 1. The quantitative estimate of drug-likeness (QED) is 0.839. The van der Waals surface area contributed by atoms with Gasteiger partial charge in [0.1, 0.15) is 0 Å². The van der Waals surface area contributed by atoms with E-state index < -0.39 is 10.0 Å².